The van der Waals surface area contributed by atoms with Crippen LogP contribution in [-0.2, 0) is 31.2 Å². The number of para-hydroxylation sites is 1. The quantitative estimate of drug-likeness (QED) is 0.655. The van der Waals surface area contributed by atoms with E-state index >= 15 is 0 Å². The van der Waals surface area contributed by atoms with Gasteiger partial charge in [0, 0.05) is 34.7 Å². The highest BCUT2D eigenvalue weighted by atomic mass is 79.9. The zero-order valence-electron chi connectivity index (χ0n) is 13.6. The van der Waals surface area contributed by atoms with Crippen LogP contribution >= 0.6 is 15.9 Å². The van der Waals surface area contributed by atoms with Gasteiger partial charge in [0.1, 0.15) is 0 Å². The first-order valence-corrected chi connectivity index (χ1v) is 9.00. The molecule has 1 aromatic heterocycles. The molecule has 0 saturated carbocycles. The van der Waals surface area contributed by atoms with Crippen LogP contribution < -0.4 is 0 Å². The van der Waals surface area contributed by atoms with Crippen molar-refractivity contribution < 1.29 is 4.79 Å². The summed E-state index contributed by atoms with van der Waals surface area (Å²) in [5.41, 5.74) is 4.99. The standard InChI is InChI=1S/C20H19BrN2O/c1-22-18-5-3-2-4-16(18)17-10-11-23(13-19(17)22)20(24)12-14-6-8-15(21)9-7-14/h2-9H,10-13H2,1H3. The lowest BCUT2D eigenvalue weighted by Crippen LogP contribution is -2.37. The predicted octanol–water partition coefficient (Wildman–Crippen LogP) is 4.07. The van der Waals surface area contributed by atoms with Gasteiger partial charge in [-0.3, -0.25) is 4.79 Å². The SMILES string of the molecule is Cn1c2c(c3ccccc31)CCN(C(=O)Cc1ccc(Br)cc1)C2. The lowest BCUT2D eigenvalue weighted by molar-refractivity contribution is -0.131. The normalized spacial score (nSPS) is 14.0. The maximum atomic E-state index is 12.7. The fourth-order valence-corrected chi connectivity index (χ4v) is 3.88. The number of carbonyl (C=O) groups is 1. The molecule has 0 unspecified atom stereocenters. The molecule has 3 nitrogen and oxygen atoms in total. The van der Waals surface area contributed by atoms with Crippen LogP contribution in [0.25, 0.3) is 10.9 Å². The summed E-state index contributed by atoms with van der Waals surface area (Å²) < 4.78 is 3.28. The van der Waals surface area contributed by atoms with Crippen LogP contribution in [0.4, 0.5) is 0 Å². The number of aryl methyl sites for hydroxylation is 1. The molecule has 1 aliphatic rings. The highest BCUT2D eigenvalue weighted by Crippen LogP contribution is 2.30. The molecule has 0 fully saturated rings. The van der Waals surface area contributed by atoms with Crippen LogP contribution in [-0.4, -0.2) is 21.9 Å². The van der Waals surface area contributed by atoms with E-state index in [0.717, 1.165) is 23.0 Å². The molecule has 4 heteroatoms. The van der Waals surface area contributed by atoms with Gasteiger partial charge in [0.25, 0.3) is 0 Å². The number of benzene rings is 2. The smallest absolute Gasteiger partial charge is 0.227 e. The molecule has 0 N–H and O–H groups in total. The van der Waals surface area contributed by atoms with Gasteiger partial charge in [-0.25, -0.2) is 0 Å². The fraction of sp³-hybridized carbons (Fsp3) is 0.250. The molecular weight excluding hydrogens is 364 g/mol. The number of hydrogen-bond donors (Lipinski definition) is 0. The van der Waals surface area contributed by atoms with Crippen molar-refractivity contribution in [3.05, 3.63) is 69.8 Å². The van der Waals surface area contributed by atoms with Crippen LogP contribution in [0.2, 0.25) is 0 Å². The van der Waals surface area contributed by atoms with E-state index in [1.165, 1.54) is 22.2 Å². The van der Waals surface area contributed by atoms with E-state index in [0.29, 0.717) is 13.0 Å². The Balaban J connectivity index is 1.57. The Morgan fingerprint density at radius 2 is 1.88 bits per heavy atom. The lowest BCUT2D eigenvalue weighted by atomic mass is 10.0. The third kappa shape index (κ3) is 2.65. The first-order valence-electron chi connectivity index (χ1n) is 8.21. The number of fused-ring (bicyclic) bond motifs is 3. The third-order valence-corrected chi connectivity index (χ3v) is 5.47. The van der Waals surface area contributed by atoms with E-state index in [2.05, 4.69) is 51.8 Å². The zero-order chi connectivity index (χ0) is 16.7. The maximum absolute atomic E-state index is 12.7. The molecule has 0 saturated heterocycles. The van der Waals surface area contributed by atoms with Crippen LogP contribution in [0, 0.1) is 0 Å². The minimum absolute atomic E-state index is 0.202. The molecule has 0 bridgehead atoms. The molecule has 24 heavy (non-hydrogen) atoms. The van der Waals surface area contributed by atoms with Gasteiger partial charge in [-0.15, -0.1) is 0 Å². The van der Waals surface area contributed by atoms with Crippen LogP contribution in [0.15, 0.2) is 53.0 Å². The topological polar surface area (TPSA) is 25.2 Å². The number of nitrogens with zero attached hydrogens (tertiary/aromatic N) is 2. The van der Waals surface area contributed by atoms with E-state index in [4.69, 9.17) is 0 Å². The Bertz CT molecular complexity index is 911. The van der Waals surface area contributed by atoms with Crippen molar-refractivity contribution in [2.75, 3.05) is 6.54 Å². The van der Waals surface area contributed by atoms with E-state index in [1.807, 2.05) is 29.2 Å². The van der Waals surface area contributed by atoms with Crippen molar-refractivity contribution in [1.29, 1.82) is 0 Å². The van der Waals surface area contributed by atoms with Crippen molar-refractivity contribution in [2.24, 2.45) is 7.05 Å². The summed E-state index contributed by atoms with van der Waals surface area (Å²) in [6.45, 7) is 1.51. The highest BCUT2D eigenvalue weighted by molar-refractivity contribution is 9.10. The van der Waals surface area contributed by atoms with Gasteiger partial charge in [0.05, 0.1) is 13.0 Å². The summed E-state index contributed by atoms with van der Waals surface area (Å²) in [5.74, 6) is 0.202. The van der Waals surface area contributed by atoms with Crippen LogP contribution in [0.3, 0.4) is 0 Å². The molecule has 0 aliphatic carbocycles. The van der Waals surface area contributed by atoms with Crippen LogP contribution in [0.5, 0.6) is 0 Å². The fourth-order valence-electron chi connectivity index (χ4n) is 3.61. The van der Waals surface area contributed by atoms with E-state index < -0.39 is 0 Å². The zero-order valence-corrected chi connectivity index (χ0v) is 15.2. The summed E-state index contributed by atoms with van der Waals surface area (Å²) in [7, 11) is 2.10. The summed E-state index contributed by atoms with van der Waals surface area (Å²) in [4.78, 5) is 14.7. The van der Waals surface area contributed by atoms with Gasteiger partial charge in [0.15, 0.2) is 0 Å². The van der Waals surface area contributed by atoms with Crippen molar-refractivity contribution in [1.82, 2.24) is 9.47 Å². The van der Waals surface area contributed by atoms with Crippen molar-refractivity contribution in [3.63, 3.8) is 0 Å². The third-order valence-electron chi connectivity index (χ3n) is 4.94. The van der Waals surface area contributed by atoms with Gasteiger partial charge in [0.2, 0.25) is 5.91 Å². The van der Waals surface area contributed by atoms with Gasteiger partial charge >= 0.3 is 0 Å². The van der Waals surface area contributed by atoms with E-state index in [-0.39, 0.29) is 5.91 Å². The molecule has 0 radical (unpaired) electrons. The van der Waals surface area contributed by atoms with Crippen LogP contribution in [0.1, 0.15) is 16.8 Å². The minimum atomic E-state index is 0.202. The summed E-state index contributed by atoms with van der Waals surface area (Å²) in [6, 6.07) is 16.5. The van der Waals surface area contributed by atoms with E-state index in [1.54, 1.807) is 0 Å². The first-order chi connectivity index (χ1) is 11.6. The van der Waals surface area contributed by atoms with Crippen molar-refractivity contribution in [3.8, 4) is 0 Å². The molecule has 1 amide bonds. The van der Waals surface area contributed by atoms with Gasteiger partial charge < -0.3 is 9.47 Å². The molecular formula is C20H19BrN2O. The Kier molecular flexibility index (Phi) is 3.93. The molecule has 4 rings (SSSR count). The second kappa shape index (κ2) is 6.10. The Hall–Kier alpha value is -2.07. The number of hydrogen-bond acceptors (Lipinski definition) is 1. The summed E-state index contributed by atoms with van der Waals surface area (Å²) in [6.07, 6.45) is 1.40. The molecule has 2 aromatic carbocycles. The number of carbonyl (C=O) groups excluding carboxylic acids is 1. The van der Waals surface area contributed by atoms with Gasteiger partial charge in [-0.05, 0) is 35.7 Å². The number of rotatable bonds is 2. The maximum Gasteiger partial charge on any atom is 0.227 e. The second-order valence-corrected chi connectivity index (χ2v) is 7.29. The second-order valence-electron chi connectivity index (χ2n) is 6.37. The first kappa shape index (κ1) is 15.5. The average Bonchev–Trinajstić information content (AvgIpc) is 2.90. The molecule has 122 valence electrons. The average molecular weight is 383 g/mol. The Morgan fingerprint density at radius 1 is 1.12 bits per heavy atom. The lowest BCUT2D eigenvalue weighted by Gasteiger charge is -2.28. The highest BCUT2D eigenvalue weighted by Gasteiger charge is 2.25. The number of halogens is 1. The van der Waals surface area contributed by atoms with Crippen molar-refractivity contribution in [2.45, 2.75) is 19.4 Å². The predicted molar refractivity (Wildman–Crippen MR) is 99.9 cm³/mol. The molecule has 1 aliphatic heterocycles. The Morgan fingerprint density at radius 3 is 2.67 bits per heavy atom. The minimum Gasteiger partial charge on any atom is -0.346 e. The van der Waals surface area contributed by atoms with E-state index in [9.17, 15) is 4.79 Å². The Labute approximate surface area is 150 Å². The van der Waals surface area contributed by atoms with Gasteiger partial charge in [-0.1, -0.05) is 46.3 Å². The van der Waals surface area contributed by atoms with Crippen molar-refractivity contribution >= 4 is 32.7 Å². The number of amides is 1. The molecule has 0 atom stereocenters. The number of aromatic nitrogens is 1. The summed E-state index contributed by atoms with van der Waals surface area (Å²) in [5, 5.41) is 1.33. The molecule has 2 heterocycles. The molecule has 0 spiro atoms. The summed E-state index contributed by atoms with van der Waals surface area (Å²) >= 11 is 3.43. The van der Waals surface area contributed by atoms with Gasteiger partial charge in [-0.2, -0.15) is 0 Å². The largest absolute Gasteiger partial charge is 0.346 e. The molecule has 3 aromatic rings. The monoisotopic (exact) mass is 382 g/mol.